The maximum absolute atomic E-state index is 6.16. The average Bonchev–Trinajstić information content (AvgIpc) is 2.42. The fourth-order valence-corrected chi connectivity index (χ4v) is 2.81. The summed E-state index contributed by atoms with van der Waals surface area (Å²) in [5, 5.41) is 0.698. The lowest BCUT2D eigenvalue weighted by Crippen LogP contribution is -2.30. The van der Waals surface area contributed by atoms with Gasteiger partial charge in [-0.3, -0.25) is 11.3 Å². The molecule has 2 aromatic carbocycles. The Morgan fingerprint density at radius 3 is 2.40 bits per heavy atom. The number of aryl methyl sites for hydroxylation is 2. The summed E-state index contributed by atoms with van der Waals surface area (Å²) in [5.41, 5.74) is 7.88. The molecule has 0 fully saturated rings. The van der Waals surface area contributed by atoms with Gasteiger partial charge in [-0.15, -0.1) is 0 Å². The van der Waals surface area contributed by atoms with E-state index in [4.69, 9.17) is 17.4 Å². The van der Waals surface area contributed by atoms with Gasteiger partial charge in [0.25, 0.3) is 0 Å². The molecule has 0 aliphatic carbocycles. The Balaban J connectivity index is 2.31. The van der Waals surface area contributed by atoms with Crippen LogP contribution in [0.4, 0.5) is 0 Å². The first-order valence-electron chi connectivity index (χ1n) is 6.49. The molecule has 4 heteroatoms. The minimum atomic E-state index is 0.0420. The Labute approximate surface area is 133 Å². The van der Waals surface area contributed by atoms with Crippen molar-refractivity contribution in [1.29, 1.82) is 0 Å². The van der Waals surface area contributed by atoms with Crippen LogP contribution in [-0.2, 0) is 6.42 Å². The van der Waals surface area contributed by atoms with Crippen LogP contribution in [0, 0.1) is 13.8 Å². The molecule has 1 atom stereocenters. The standard InChI is InChI=1S/C16H18BrClN2/c1-10-4-3-5-11(2)13(10)9-16(20-19)12-6-7-14(17)15(18)8-12/h3-8,16,20H,9,19H2,1-2H3. The topological polar surface area (TPSA) is 38.0 Å². The molecular formula is C16H18BrClN2. The summed E-state index contributed by atoms with van der Waals surface area (Å²) in [4.78, 5) is 0. The summed E-state index contributed by atoms with van der Waals surface area (Å²) in [5.74, 6) is 5.74. The smallest absolute Gasteiger partial charge is 0.0551 e. The van der Waals surface area contributed by atoms with Crippen LogP contribution in [0.3, 0.4) is 0 Å². The molecule has 0 spiro atoms. The first kappa shape index (κ1) is 15.5. The zero-order valence-corrected chi connectivity index (χ0v) is 13.9. The van der Waals surface area contributed by atoms with Crippen LogP contribution in [0.5, 0.6) is 0 Å². The van der Waals surface area contributed by atoms with Crippen molar-refractivity contribution in [3.05, 3.63) is 68.1 Å². The monoisotopic (exact) mass is 352 g/mol. The molecule has 2 nitrogen and oxygen atoms in total. The van der Waals surface area contributed by atoms with Crippen molar-refractivity contribution >= 4 is 27.5 Å². The second-order valence-electron chi connectivity index (χ2n) is 4.97. The Morgan fingerprint density at radius 2 is 1.85 bits per heavy atom. The van der Waals surface area contributed by atoms with Gasteiger partial charge in [-0.25, -0.2) is 0 Å². The summed E-state index contributed by atoms with van der Waals surface area (Å²) in [6.45, 7) is 4.26. The van der Waals surface area contributed by atoms with Crippen molar-refractivity contribution in [2.24, 2.45) is 5.84 Å². The number of nitrogens with one attached hydrogen (secondary N) is 1. The molecule has 0 aliphatic rings. The van der Waals surface area contributed by atoms with Crippen LogP contribution in [0.25, 0.3) is 0 Å². The van der Waals surface area contributed by atoms with Crippen molar-refractivity contribution < 1.29 is 0 Å². The van der Waals surface area contributed by atoms with Gasteiger partial charge in [0.2, 0.25) is 0 Å². The molecule has 20 heavy (non-hydrogen) atoms. The second-order valence-corrected chi connectivity index (χ2v) is 6.23. The van der Waals surface area contributed by atoms with Gasteiger partial charge in [0.1, 0.15) is 0 Å². The molecule has 1 unspecified atom stereocenters. The third kappa shape index (κ3) is 3.41. The van der Waals surface area contributed by atoms with Crippen molar-refractivity contribution in [3.8, 4) is 0 Å². The normalized spacial score (nSPS) is 12.4. The molecule has 2 aromatic rings. The van der Waals surface area contributed by atoms with E-state index in [2.05, 4.69) is 53.4 Å². The number of benzene rings is 2. The molecule has 0 radical (unpaired) electrons. The van der Waals surface area contributed by atoms with Crippen LogP contribution >= 0.6 is 27.5 Å². The Kier molecular flexibility index (Phi) is 5.22. The quantitative estimate of drug-likeness (QED) is 0.629. The van der Waals surface area contributed by atoms with E-state index >= 15 is 0 Å². The highest BCUT2D eigenvalue weighted by molar-refractivity contribution is 9.10. The lowest BCUT2D eigenvalue weighted by molar-refractivity contribution is 0.549. The molecule has 106 valence electrons. The Bertz CT molecular complexity index is 593. The lowest BCUT2D eigenvalue weighted by atomic mass is 9.93. The van der Waals surface area contributed by atoms with Crippen molar-refractivity contribution in [3.63, 3.8) is 0 Å². The van der Waals surface area contributed by atoms with Gasteiger partial charge in [0.05, 0.1) is 11.1 Å². The molecule has 2 rings (SSSR count). The molecule has 0 saturated heterocycles. The van der Waals surface area contributed by atoms with E-state index in [9.17, 15) is 0 Å². The van der Waals surface area contributed by atoms with Crippen LogP contribution in [-0.4, -0.2) is 0 Å². The molecule has 0 heterocycles. The van der Waals surface area contributed by atoms with Gasteiger partial charge < -0.3 is 0 Å². The molecule has 3 N–H and O–H groups in total. The molecule has 0 saturated carbocycles. The molecular weight excluding hydrogens is 336 g/mol. The van der Waals surface area contributed by atoms with Crippen LogP contribution in [0.15, 0.2) is 40.9 Å². The predicted molar refractivity (Wildman–Crippen MR) is 88.8 cm³/mol. The highest BCUT2D eigenvalue weighted by Crippen LogP contribution is 2.28. The Hall–Kier alpha value is -0.870. The predicted octanol–water partition coefficient (Wildman–Crippen LogP) is 4.47. The third-order valence-electron chi connectivity index (χ3n) is 3.60. The summed E-state index contributed by atoms with van der Waals surface area (Å²) in [6.07, 6.45) is 0.840. The lowest BCUT2D eigenvalue weighted by Gasteiger charge is -2.19. The molecule has 0 aromatic heterocycles. The Morgan fingerprint density at radius 1 is 1.20 bits per heavy atom. The van der Waals surface area contributed by atoms with E-state index in [-0.39, 0.29) is 6.04 Å². The fraction of sp³-hybridized carbons (Fsp3) is 0.250. The van der Waals surface area contributed by atoms with Crippen molar-refractivity contribution in [1.82, 2.24) is 5.43 Å². The van der Waals surface area contributed by atoms with Gasteiger partial charge in [-0.2, -0.15) is 0 Å². The zero-order chi connectivity index (χ0) is 14.7. The van der Waals surface area contributed by atoms with Crippen LogP contribution < -0.4 is 11.3 Å². The van der Waals surface area contributed by atoms with Crippen LogP contribution in [0.2, 0.25) is 5.02 Å². The van der Waals surface area contributed by atoms with Gasteiger partial charge in [0, 0.05) is 4.47 Å². The number of hydrogen-bond acceptors (Lipinski definition) is 2. The second kappa shape index (κ2) is 6.72. The largest absolute Gasteiger partial charge is 0.271 e. The summed E-state index contributed by atoms with van der Waals surface area (Å²) in [7, 11) is 0. The number of rotatable bonds is 4. The molecule has 0 bridgehead atoms. The average molecular weight is 354 g/mol. The third-order valence-corrected chi connectivity index (χ3v) is 4.83. The summed E-state index contributed by atoms with van der Waals surface area (Å²) in [6, 6.07) is 12.3. The zero-order valence-electron chi connectivity index (χ0n) is 11.6. The van der Waals surface area contributed by atoms with Gasteiger partial charge in [-0.05, 0) is 70.6 Å². The number of nitrogens with two attached hydrogens (primary N) is 1. The highest BCUT2D eigenvalue weighted by Gasteiger charge is 2.14. The number of hydrogen-bond donors (Lipinski definition) is 2. The number of halogens is 2. The van der Waals surface area contributed by atoms with E-state index in [0.29, 0.717) is 5.02 Å². The van der Waals surface area contributed by atoms with E-state index in [1.807, 2.05) is 18.2 Å². The molecule has 0 aliphatic heterocycles. The van der Waals surface area contributed by atoms with E-state index in [1.165, 1.54) is 16.7 Å². The maximum Gasteiger partial charge on any atom is 0.0551 e. The van der Waals surface area contributed by atoms with Gasteiger partial charge in [0.15, 0.2) is 0 Å². The van der Waals surface area contributed by atoms with Gasteiger partial charge >= 0.3 is 0 Å². The summed E-state index contributed by atoms with van der Waals surface area (Å²) < 4.78 is 0.894. The van der Waals surface area contributed by atoms with Crippen molar-refractivity contribution in [2.75, 3.05) is 0 Å². The van der Waals surface area contributed by atoms with E-state index in [0.717, 1.165) is 16.5 Å². The number of hydrazine groups is 1. The fourth-order valence-electron chi connectivity index (χ4n) is 2.38. The van der Waals surface area contributed by atoms with Gasteiger partial charge in [-0.1, -0.05) is 35.9 Å². The maximum atomic E-state index is 6.16. The molecule has 0 amide bonds. The van der Waals surface area contributed by atoms with Crippen LogP contribution in [0.1, 0.15) is 28.3 Å². The summed E-state index contributed by atoms with van der Waals surface area (Å²) >= 11 is 9.57. The van der Waals surface area contributed by atoms with E-state index < -0.39 is 0 Å². The van der Waals surface area contributed by atoms with E-state index in [1.54, 1.807) is 0 Å². The van der Waals surface area contributed by atoms with Crippen molar-refractivity contribution in [2.45, 2.75) is 26.3 Å². The first-order chi connectivity index (χ1) is 9.52. The minimum absolute atomic E-state index is 0.0420. The first-order valence-corrected chi connectivity index (χ1v) is 7.66. The minimum Gasteiger partial charge on any atom is -0.271 e. The SMILES string of the molecule is Cc1cccc(C)c1CC(NN)c1ccc(Br)c(Cl)c1. The highest BCUT2D eigenvalue weighted by atomic mass is 79.9.